The molecule has 2 aromatic carbocycles. The van der Waals surface area contributed by atoms with Crippen molar-refractivity contribution in [3.63, 3.8) is 0 Å². The van der Waals surface area contributed by atoms with Crippen molar-refractivity contribution in [2.24, 2.45) is 0 Å². The number of benzene rings is 2. The minimum Gasteiger partial charge on any atom is -0.399 e. The highest BCUT2D eigenvalue weighted by Gasteiger charge is 2.17. The number of hydrogen-bond donors (Lipinski definition) is 3. The van der Waals surface area contributed by atoms with Crippen molar-refractivity contribution < 1.29 is 25.9 Å². The van der Waals surface area contributed by atoms with Crippen LogP contribution in [0.5, 0.6) is 0 Å². The minimum atomic E-state index is -4.52. The monoisotopic (exact) mass is 398 g/mol. The standard InChI is InChI=1S/C16H18N2O6S2/c1-18(2)14-8-6-12(16(10-14)26(22,23)24)4-3-11-5-7-13(17)9-15(11)25(19,20)21/h3-10H,17H2,1-2H3,(H,19,20,21)(H,22,23,24). The molecule has 0 aromatic heterocycles. The van der Waals surface area contributed by atoms with Gasteiger partial charge in [0.1, 0.15) is 9.79 Å². The van der Waals surface area contributed by atoms with Crippen LogP contribution in [0.4, 0.5) is 11.4 Å². The smallest absolute Gasteiger partial charge is 0.295 e. The zero-order valence-electron chi connectivity index (χ0n) is 14.0. The molecule has 2 rings (SSSR count). The molecule has 0 amide bonds. The van der Waals surface area contributed by atoms with Gasteiger partial charge in [-0.15, -0.1) is 0 Å². The van der Waals surface area contributed by atoms with Crippen LogP contribution in [0.25, 0.3) is 12.2 Å². The van der Waals surface area contributed by atoms with Gasteiger partial charge in [0.25, 0.3) is 20.2 Å². The van der Waals surface area contributed by atoms with Gasteiger partial charge in [0.15, 0.2) is 0 Å². The highest BCUT2D eigenvalue weighted by atomic mass is 32.2. The molecule has 0 aliphatic heterocycles. The first-order chi connectivity index (χ1) is 11.9. The fourth-order valence-electron chi connectivity index (χ4n) is 2.25. The van der Waals surface area contributed by atoms with Crippen molar-refractivity contribution in [2.75, 3.05) is 24.7 Å². The van der Waals surface area contributed by atoms with Crippen LogP contribution in [0, 0.1) is 0 Å². The molecule has 8 nitrogen and oxygen atoms in total. The Bertz CT molecular complexity index is 1070. The summed E-state index contributed by atoms with van der Waals surface area (Å²) in [6.45, 7) is 0. The number of anilines is 2. The quantitative estimate of drug-likeness (QED) is 0.395. The topological polar surface area (TPSA) is 138 Å². The first kappa shape index (κ1) is 19.9. The van der Waals surface area contributed by atoms with Crippen LogP contribution in [-0.4, -0.2) is 40.0 Å². The Hall–Kier alpha value is -2.40. The number of nitrogen functional groups attached to an aromatic ring is 1. The Kier molecular flexibility index (Phi) is 5.42. The summed E-state index contributed by atoms with van der Waals surface area (Å²) in [6.07, 6.45) is 2.63. The molecule has 0 aliphatic rings. The molecule has 0 fully saturated rings. The van der Waals surface area contributed by atoms with Crippen LogP contribution in [0.3, 0.4) is 0 Å². The average Bonchev–Trinajstić information content (AvgIpc) is 2.51. The van der Waals surface area contributed by atoms with Crippen molar-refractivity contribution >= 4 is 43.8 Å². The largest absolute Gasteiger partial charge is 0.399 e. The zero-order chi connectivity index (χ0) is 19.7. The summed E-state index contributed by atoms with van der Waals surface area (Å²) in [6, 6.07) is 8.30. The fraction of sp³-hybridized carbons (Fsp3) is 0.125. The van der Waals surface area contributed by atoms with Gasteiger partial charge >= 0.3 is 0 Å². The fourth-order valence-corrected chi connectivity index (χ4v) is 3.68. The molecule has 0 heterocycles. The average molecular weight is 398 g/mol. The third kappa shape index (κ3) is 4.61. The maximum Gasteiger partial charge on any atom is 0.295 e. The van der Waals surface area contributed by atoms with Crippen molar-refractivity contribution in [2.45, 2.75) is 9.79 Å². The number of rotatable bonds is 5. The van der Waals surface area contributed by atoms with Gasteiger partial charge in [-0.2, -0.15) is 16.8 Å². The zero-order valence-corrected chi connectivity index (χ0v) is 15.6. The second-order valence-electron chi connectivity index (χ2n) is 5.70. The second-order valence-corrected chi connectivity index (χ2v) is 8.48. The maximum atomic E-state index is 11.7. The Morgan fingerprint density at radius 2 is 1.31 bits per heavy atom. The summed E-state index contributed by atoms with van der Waals surface area (Å²) in [5, 5.41) is 0. The summed E-state index contributed by atoms with van der Waals surface area (Å²) in [5.41, 5.74) is 6.50. The van der Waals surface area contributed by atoms with E-state index in [1.54, 1.807) is 25.1 Å². The van der Waals surface area contributed by atoms with Crippen LogP contribution in [0.2, 0.25) is 0 Å². The third-order valence-corrected chi connectivity index (χ3v) is 5.37. The van der Waals surface area contributed by atoms with Gasteiger partial charge in [0, 0.05) is 25.5 Å². The van der Waals surface area contributed by atoms with E-state index >= 15 is 0 Å². The van der Waals surface area contributed by atoms with Crippen molar-refractivity contribution in [1.29, 1.82) is 0 Å². The molecular weight excluding hydrogens is 380 g/mol. The van der Waals surface area contributed by atoms with E-state index in [1.807, 2.05) is 0 Å². The van der Waals surface area contributed by atoms with E-state index in [-0.39, 0.29) is 21.7 Å². The van der Waals surface area contributed by atoms with E-state index in [0.29, 0.717) is 5.69 Å². The molecule has 2 aromatic rings. The number of hydrogen-bond acceptors (Lipinski definition) is 6. The molecular formula is C16H18N2O6S2. The Labute approximate surface area is 152 Å². The third-order valence-electron chi connectivity index (χ3n) is 3.55. The van der Waals surface area contributed by atoms with E-state index in [0.717, 1.165) is 6.07 Å². The summed E-state index contributed by atoms with van der Waals surface area (Å²) in [7, 11) is -5.60. The molecule has 0 unspecified atom stereocenters. The molecule has 0 saturated carbocycles. The Morgan fingerprint density at radius 1 is 0.846 bits per heavy atom. The van der Waals surface area contributed by atoms with Crippen LogP contribution in [0.15, 0.2) is 46.2 Å². The van der Waals surface area contributed by atoms with Gasteiger partial charge in [-0.3, -0.25) is 9.11 Å². The highest BCUT2D eigenvalue weighted by Crippen LogP contribution is 2.26. The number of nitrogens with zero attached hydrogens (tertiary/aromatic N) is 1. The lowest BCUT2D eigenvalue weighted by molar-refractivity contribution is 0.480. The Morgan fingerprint density at radius 3 is 1.77 bits per heavy atom. The molecule has 0 atom stereocenters. The van der Waals surface area contributed by atoms with Crippen LogP contribution in [0.1, 0.15) is 11.1 Å². The number of nitrogens with two attached hydrogens (primary N) is 1. The summed E-state index contributed by atoms with van der Waals surface area (Å²) < 4.78 is 65.1. The van der Waals surface area contributed by atoms with Gasteiger partial charge in [-0.1, -0.05) is 24.3 Å². The first-order valence-electron chi connectivity index (χ1n) is 7.23. The molecule has 0 aliphatic carbocycles. The lowest BCUT2D eigenvalue weighted by Gasteiger charge is -2.14. The predicted octanol–water partition coefficient (Wildman–Crippen LogP) is 2.00. The Balaban J connectivity index is 2.60. The van der Waals surface area contributed by atoms with Crippen LogP contribution < -0.4 is 10.6 Å². The van der Waals surface area contributed by atoms with Crippen LogP contribution >= 0.6 is 0 Å². The van der Waals surface area contributed by atoms with Gasteiger partial charge in [-0.25, -0.2) is 0 Å². The molecule has 26 heavy (non-hydrogen) atoms. The summed E-state index contributed by atoms with van der Waals surface area (Å²) >= 11 is 0. The lowest BCUT2D eigenvalue weighted by atomic mass is 10.1. The second kappa shape index (κ2) is 7.08. The van der Waals surface area contributed by atoms with Crippen molar-refractivity contribution in [3.05, 3.63) is 47.5 Å². The molecule has 10 heteroatoms. The first-order valence-corrected chi connectivity index (χ1v) is 10.1. The maximum absolute atomic E-state index is 11.7. The highest BCUT2D eigenvalue weighted by molar-refractivity contribution is 7.86. The molecule has 0 saturated heterocycles. The minimum absolute atomic E-state index is 0.111. The lowest BCUT2D eigenvalue weighted by Crippen LogP contribution is -2.10. The SMILES string of the molecule is CN(C)c1ccc(C=Cc2ccc(N)cc2S(=O)(=O)O)c(S(=O)(=O)O)c1. The van der Waals surface area contributed by atoms with E-state index in [4.69, 9.17) is 5.73 Å². The van der Waals surface area contributed by atoms with Crippen molar-refractivity contribution in [3.8, 4) is 0 Å². The molecule has 0 radical (unpaired) electrons. The normalized spacial score (nSPS) is 12.5. The summed E-state index contributed by atoms with van der Waals surface area (Å²) in [4.78, 5) is 0.925. The van der Waals surface area contributed by atoms with Crippen LogP contribution in [-0.2, 0) is 20.2 Å². The van der Waals surface area contributed by atoms with Gasteiger partial charge in [0.05, 0.1) is 0 Å². The van der Waals surface area contributed by atoms with E-state index < -0.39 is 25.1 Å². The van der Waals surface area contributed by atoms with E-state index in [9.17, 15) is 25.9 Å². The molecule has 140 valence electrons. The van der Waals surface area contributed by atoms with Gasteiger partial charge in [-0.05, 0) is 35.4 Å². The van der Waals surface area contributed by atoms with Gasteiger partial charge < -0.3 is 10.6 Å². The van der Waals surface area contributed by atoms with Crippen molar-refractivity contribution in [1.82, 2.24) is 0 Å². The molecule has 0 spiro atoms. The van der Waals surface area contributed by atoms with E-state index in [2.05, 4.69) is 0 Å². The predicted molar refractivity (Wildman–Crippen MR) is 100 cm³/mol. The molecule has 0 bridgehead atoms. The van der Waals surface area contributed by atoms with E-state index in [1.165, 1.54) is 36.4 Å². The molecule has 4 N–H and O–H groups in total. The summed E-state index contributed by atoms with van der Waals surface area (Å²) in [5.74, 6) is 0. The van der Waals surface area contributed by atoms with Gasteiger partial charge in [0.2, 0.25) is 0 Å².